The number of hydrogen-bond acceptors (Lipinski definition) is 5. The Bertz CT molecular complexity index is 872. The number of rotatable bonds is 6. The third kappa shape index (κ3) is 3.96. The zero-order chi connectivity index (χ0) is 20.3. The number of anilines is 2. The number of ether oxygens (including phenoxy) is 2. The SMILES string of the molecule is CCN(C(=O)C1CC(=O)N(c2ccc(OC)cc2OC)C1)c1ccc(Br)cn1. The molecular weight excluding hydrogens is 426 g/mol. The molecule has 1 aliphatic rings. The van der Waals surface area contributed by atoms with Crippen LogP contribution in [0.15, 0.2) is 41.0 Å². The van der Waals surface area contributed by atoms with Crippen LogP contribution in [0.4, 0.5) is 11.5 Å². The van der Waals surface area contributed by atoms with Crippen molar-refractivity contribution in [2.75, 3.05) is 37.1 Å². The van der Waals surface area contributed by atoms with Gasteiger partial charge in [0.2, 0.25) is 11.8 Å². The van der Waals surface area contributed by atoms with E-state index in [-0.39, 0.29) is 18.2 Å². The number of pyridine rings is 1. The van der Waals surface area contributed by atoms with Gasteiger partial charge in [0.05, 0.1) is 25.8 Å². The summed E-state index contributed by atoms with van der Waals surface area (Å²) in [5.74, 6) is 1.08. The Hall–Kier alpha value is -2.61. The number of carbonyl (C=O) groups excluding carboxylic acids is 2. The second kappa shape index (κ2) is 8.60. The number of amides is 2. The summed E-state index contributed by atoms with van der Waals surface area (Å²) in [6.45, 7) is 2.67. The molecule has 148 valence electrons. The highest BCUT2D eigenvalue weighted by atomic mass is 79.9. The second-order valence-electron chi connectivity index (χ2n) is 6.36. The maximum absolute atomic E-state index is 13.1. The molecule has 1 unspecified atom stereocenters. The largest absolute Gasteiger partial charge is 0.497 e. The van der Waals surface area contributed by atoms with Gasteiger partial charge >= 0.3 is 0 Å². The zero-order valence-corrected chi connectivity index (χ0v) is 17.6. The predicted octanol–water partition coefficient (Wildman–Crippen LogP) is 3.27. The van der Waals surface area contributed by atoms with E-state index in [0.29, 0.717) is 36.1 Å². The summed E-state index contributed by atoms with van der Waals surface area (Å²) in [5.41, 5.74) is 0.633. The van der Waals surface area contributed by atoms with Gasteiger partial charge in [-0.15, -0.1) is 0 Å². The Balaban J connectivity index is 1.82. The summed E-state index contributed by atoms with van der Waals surface area (Å²) in [7, 11) is 3.11. The van der Waals surface area contributed by atoms with E-state index in [4.69, 9.17) is 9.47 Å². The molecule has 1 atom stereocenters. The van der Waals surface area contributed by atoms with Gasteiger partial charge < -0.3 is 14.4 Å². The van der Waals surface area contributed by atoms with Gasteiger partial charge in [-0.2, -0.15) is 0 Å². The Morgan fingerprint density at radius 1 is 1.29 bits per heavy atom. The van der Waals surface area contributed by atoms with Crippen LogP contribution in [0.2, 0.25) is 0 Å². The highest BCUT2D eigenvalue weighted by Gasteiger charge is 2.38. The average Bonchev–Trinajstić information content (AvgIpc) is 3.10. The maximum atomic E-state index is 13.1. The molecule has 2 aromatic rings. The van der Waals surface area contributed by atoms with E-state index < -0.39 is 5.92 Å². The number of halogens is 1. The molecule has 28 heavy (non-hydrogen) atoms. The summed E-state index contributed by atoms with van der Waals surface area (Å²) in [4.78, 5) is 33.3. The van der Waals surface area contributed by atoms with Gasteiger partial charge in [0.1, 0.15) is 17.3 Å². The lowest BCUT2D eigenvalue weighted by molar-refractivity contribution is -0.124. The van der Waals surface area contributed by atoms with Crippen LogP contribution in [0.5, 0.6) is 11.5 Å². The maximum Gasteiger partial charge on any atom is 0.233 e. The van der Waals surface area contributed by atoms with Crippen LogP contribution in [0.1, 0.15) is 13.3 Å². The van der Waals surface area contributed by atoms with E-state index in [9.17, 15) is 9.59 Å². The molecule has 2 amide bonds. The Morgan fingerprint density at radius 2 is 2.07 bits per heavy atom. The summed E-state index contributed by atoms with van der Waals surface area (Å²) >= 11 is 3.35. The van der Waals surface area contributed by atoms with Crippen molar-refractivity contribution in [3.8, 4) is 11.5 Å². The van der Waals surface area contributed by atoms with Gasteiger partial charge in [-0.05, 0) is 47.1 Å². The zero-order valence-electron chi connectivity index (χ0n) is 16.0. The first-order valence-electron chi connectivity index (χ1n) is 8.93. The first-order chi connectivity index (χ1) is 13.5. The molecule has 1 saturated heterocycles. The van der Waals surface area contributed by atoms with Crippen LogP contribution in [0.25, 0.3) is 0 Å². The van der Waals surface area contributed by atoms with Gasteiger partial charge in [0.25, 0.3) is 0 Å². The fourth-order valence-corrected chi connectivity index (χ4v) is 3.53. The van der Waals surface area contributed by atoms with Crippen molar-refractivity contribution in [3.63, 3.8) is 0 Å². The fraction of sp³-hybridized carbons (Fsp3) is 0.350. The molecular formula is C20H22BrN3O4. The van der Waals surface area contributed by atoms with Crippen molar-refractivity contribution in [2.24, 2.45) is 5.92 Å². The summed E-state index contributed by atoms with van der Waals surface area (Å²) in [6.07, 6.45) is 1.81. The lowest BCUT2D eigenvalue weighted by Crippen LogP contribution is -2.38. The van der Waals surface area contributed by atoms with E-state index in [0.717, 1.165) is 4.47 Å². The molecule has 1 fully saturated rings. The van der Waals surface area contributed by atoms with Gasteiger partial charge in [-0.25, -0.2) is 4.98 Å². The minimum atomic E-state index is -0.440. The van der Waals surface area contributed by atoms with Crippen LogP contribution in [0.3, 0.4) is 0 Å². The number of benzene rings is 1. The van der Waals surface area contributed by atoms with E-state index in [1.807, 2.05) is 13.0 Å². The quantitative estimate of drug-likeness (QED) is 0.679. The highest BCUT2D eigenvalue weighted by Crippen LogP contribution is 2.36. The fourth-order valence-electron chi connectivity index (χ4n) is 3.29. The van der Waals surface area contributed by atoms with Crippen LogP contribution in [-0.2, 0) is 9.59 Å². The van der Waals surface area contributed by atoms with E-state index in [2.05, 4.69) is 20.9 Å². The Labute approximate surface area is 172 Å². The van der Waals surface area contributed by atoms with E-state index >= 15 is 0 Å². The van der Waals surface area contributed by atoms with Crippen molar-refractivity contribution in [1.82, 2.24) is 4.98 Å². The number of carbonyl (C=O) groups is 2. The first-order valence-corrected chi connectivity index (χ1v) is 9.73. The molecule has 0 radical (unpaired) electrons. The molecule has 0 saturated carbocycles. The summed E-state index contributed by atoms with van der Waals surface area (Å²) in [6, 6.07) is 8.89. The number of nitrogens with zero attached hydrogens (tertiary/aromatic N) is 3. The number of methoxy groups -OCH3 is 2. The van der Waals surface area contributed by atoms with Crippen molar-refractivity contribution in [3.05, 3.63) is 41.0 Å². The molecule has 0 N–H and O–H groups in total. The normalized spacial score (nSPS) is 16.2. The lowest BCUT2D eigenvalue weighted by Gasteiger charge is -2.24. The molecule has 8 heteroatoms. The smallest absolute Gasteiger partial charge is 0.233 e. The molecule has 1 aliphatic heterocycles. The second-order valence-corrected chi connectivity index (χ2v) is 7.28. The topological polar surface area (TPSA) is 72.0 Å². The molecule has 0 spiro atoms. The van der Waals surface area contributed by atoms with Crippen molar-refractivity contribution >= 4 is 39.2 Å². The number of aromatic nitrogens is 1. The summed E-state index contributed by atoms with van der Waals surface area (Å²) < 4.78 is 11.5. The molecule has 1 aromatic heterocycles. The van der Waals surface area contributed by atoms with E-state index in [1.54, 1.807) is 54.5 Å². The molecule has 2 heterocycles. The van der Waals surface area contributed by atoms with Gasteiger partial charge in [0, 0.05) is 36.2 Å². The molecule has 3 rings (SSSR count). The van der Waals surface area contributed by atoms with E-state index in [1.165, 1.54) is 0 Å². The monoisotopic (exact) mass is 447 g/mol. The van der Waals surface area contributed by atoms with Crippen molar-refractivity contribution in [2.45, 2.75) is 13.3 Å². The first kappa shape index (κ1) is 20.1. The lowest BCUT2D eigenvalue weighted by atomic mass is 10.1. The highest BCUT2D eigenvalue weighted by molar-refractivity contribution is 9.10. The van der Waals surface area contributed by atoms with Gasteiger partial charge in [-0.1, -0.05) is 0 Å². The van der Waals surface area contributed by atoms with Gasteiger partial charge in [-0.3, -0.25) is 14.5 Å². The standard InChI is InChI=1S/C20H22BrN3O4/c1-4-23(18-8-5-14(21)11-22-18)20(26)13-9-19(25)24(12-13)16-7-6-15(27-2)10-17(16)28-3/h5-8,10-11,13H,4,9,12H2,1-3H3. The Morgan fingerprint density at radius 3 is 2.68 bits per heavy atom. The van der Waals surface area contributed by atoms with Crippen LogP contribution >= 0.6 is 15.9 Å². The molecule has 0 aliphatic carbocycles. The third-order valence-electron chi connectivity index (χ3n) is 4.72. The average molecular weight is 448 g/mol. The minimum Gasteiger partial charge on any atom is -0.497 e. The summed E-state index contributed by atoms with van der Waals surface area (Å²) in [5, 5.41) is 0. The molecule has 1 aromatic carbocycles. The molecule has 0 bridgehead atoms. The van der Waals surface area contributed by atoms with Crippen LogP contribution in [-0.4, -0.2) is 44.1 Å². The minimum absolute atomic E-state index is 0.110. The number of hydrogen-bond donors (Lipinski definition) is 0. The van der Waals surface area contributed by atoms with Crippen molar-refractivity contribution < 1.29 is 19.1 Å². The molecule has 7 nitrogen and oxygen atoms in total. The predicted molar refractivity (Wildman–Crippen MR) is 110 cm³/mol. The van der Waals surface area contributed by atoms with Crippen molar-refractivity contribution in [1.29, 1.82) is 0 Å². The van der Waals surface area contributed by atoms with Crippen LogP contribution in [0, 0.1) is 5.92 Å². The van der Waals surface area contributed by atoms with Crippen LogP contribution < -0.4 is 19.3 Å². The third-order valence-corrected chi connectivity index (χ3v) is 5.19. The van der Waals surface area contributed by atoms with Gasteiger partial charge in [0.15, 0.2) is 0 Å². The Kier molecular flexibility index (Phi) is 6.18.